The van der Waals surface area contributed by atoms with E-state index in [-0.39, 0.29) is 35.9 Å². The second-order valence-electron chi connectivity index (χ2n) is 11.2. The number of carbonyl (C=O) groups is 2. The molecule has 0 radical (unpaired) electrons. The van der Waals surface area contributed by atoms with Gasteiger partial charge in [-0.2, -0.15) is 0 Å². The van der Waals surface area contributed by atoms with E-state index >= 15 is 0 Å². The van der Waals surface area contributed by atoms with Crippen LogP contribution in [0.15, 0.2) is 12.2 Å². The Morgan fingerprint density at radius 1 is 1.10 bits per heavy atom. The second kappa shape index (κ2) is 8.29. The number of aliphatic hydroxyl groups is 1. The molecule has 3 aliphatic carbocycles. The Bertz CT molecular complexity index is 698. The molecule has 0 unspecified atom stereocenters. The average molecular weight is 421 g/mol. The summed E-state index contributed by atoms with van der Waals surface area (Å²) in [5.74, 6) is 0.0343. The van der Waals surface area contributed by atoms with E-state index < -0.39 is 12.1 Å². The summed E-state index contributed by atoms with van der Waals surface area (Å²) in [5.41, 5.74) is 1.38. The summed E-state index contributed by atoms with van der Waals surface area (Å²) in [6.45, 7) is 14.7. The minimum absolute atomic E-state index is 0.119. The molecule has 0 spiro atoms. The summed E-state index contributed by atoms with van der Waals surface area (Å²) < 4.78 is 10.6. The molecule has 0 aromatic carbocycles. The summed E-state index contributed by atoms with van der Waals surface area (Å²) in [5, 5.41) is 9.41. The van der Waals surface area contributed by atoms with Crippen molar-refractivity contribution in [1.29, 1.82) is 0 Å². The van der Waals surface area contributed by atoms with Crippen LogP contribution >= 0.6 is 0 Å². The summed E-state index contributed by atoms with van der Waals surface area (Å²) in [6, 6.07) is 0. The highest BCUT2D eigenvalue weighted by Gasteiger charge is 2.62. The van der Waals surface area contributed by atoms with Crippen molar-refractivity contribution in [3.05, 3.63) is 12.2 Å². The summed E-state index contributed by atoms with van der Waals surface area (Å²) in [4.78, 5) is 24.4. The maximum Gasteiger partial charge on any atom is 0.313 e. The fourth-order valence-electron chi connectivity index (χ4n) is 7.68. The number of hydrogen-bond acceptors (Lipinski definition) is 5. The van der Waals surface area contributed by atoms with Crippen molar-refractivity contribution in [2.45, 2.75) is 85.7 Å². The molecule has 0 aliphatic heterocycles. The molecule has 3 fully saturated rings. The van der Waals surface area contributed by atoms with Crippen molar-refractivity contribution in [3.8, 4) is 0 Å². The third-order valence-corrected chi connectivity index (χ3v) is 8.85. The highest BCUT2D eigenvalue weighted by Crippen LogP contribution is 2.69. The first-order valence-corrected chi connectivity index (χ1v) is 11.6. The Labute approximate surface area is 181 Å². The van der Waals surface area contributed by atoms with Gasteiger partial charge >= 0.3 is 11.9 Å². The molecule has 0 heterocycles. The van der Waals surface area contributed by atoms with Crippen LogP contribution in [0.25, 0.3) is 0 Å². The average Bonchev–Trinajstić information content (AvgIpc) is 2.63. The molecule has 0 aromatic rings. The van der Waals surface area contributed by atoms with Crippen LogP contribution in [0.5, 0.6) is 0 Å². The van der Waals surface area contributed by atoms with Gasteiger partial charge in [0.15, 0.2) is 6.10 Å². The molecule has 6 atom stereocenters. The summed E-state index contributed by atoms with van der Waals surface area (Å²) in [6.07, 6.45) is 7.05. The quantitative estimate of drug-likeness (QED) is 0.517. The molecular formula is C25H40O5. The van der Waals surface area contributed by atoms with Crippen molar-refractivity contribution in [3.63, 3.8) is 0 Å². The van der Waals surface area contributed by atoms with Crippen LogP contribution in [-0.4, -0.2) is 36.4 Å². The highest BCUT2D eigenvalue weighted by atomic mass is 16.6. The minimum atomic E-state index is -0.820. The van der Waals surface area contributed by atoms with Crippen LogP contribution in [0.3, 0.4) is 0 Å². The van der Waals surface area contributed by atoms with Gasteiger partial charge in [0, 0.05) is 6.92 Å². The van der Waals surface area contributed by atoms with Crippen LogP contribution in [0.1, 0.15) is 79.6 Å². The first-order chi connectivity index (χ1) is 14.0. The second-order valence-corrected chi connectivity index (χ2v) is 11.2. The van der Waals surface area contributed by atoms with Crippen LogP contribution in [0.4, 0.5) is 0 Å². The van der Waals surface area contributed by atoms with E-state index in [1.54, 1.807) is 0 Å². The minimum Gasteiger partial charge on any atom is -0.461 e. The van der Waals surface area contributed by atoms with Crippen LogP contribution < -0.4 is 0 Å². The smallest absolute Gasteiger partial charge is 0.313 e. The predicted molar refractivity (Wildman–Crippen MR) is 116 cm³/mol. The van der Waals surface area contributed by atoms with E-state index in [2.05, 4.69) is 34.3 Å². The van der Waals surface area contributed by atoms with Gasteiger partial charge in [-0.3, -0.25) is 9.59 Å². The zero-order valence-electron chi connectivity index (χ0n) is 19.5. The normalized spacial score (nSPS) is 38.7. The van der Waals surface area contributed by atoms with Gasteiger partial charge in [0.05, 0.1) is 12.5 Å². The van der Waals surface area contributed by atoms with Gasteiger partial charge in [0.2, 0.25) is 0 Å². The molecule has 0 bridgehead atoms. The molecule has 0 amide bonds. The van der Waals surface area contributed by atoms with Crippen molar-refractivity contribution < 1.29 is 24.2 Å². The largest absolute Gasteiger partial charge is 0.461 e. The number of rotatable bonds is 5. The number of ether oxygens (including phenoxy) is 2. The molecule has 5 heteroatoms. The molecule has 170 valence electrons. The molecule has 0 saturated heterocycles. The Balaban J connectivity index is 1.82. The number of hydrogen-bond donors (Lipinski definition) is 1. The zero-order chi connectivity index (χ0) is 22.3. The summed E-state index contributed by atoms with van der Waals surface area (Å²) >= 11 is 0. The zero-order valence-corrected chi connectivity index (χ0v) is 19.5. The van der Waals surface area contributed by atoms with Crippen molar-refractivity contribution in [1.82, 2.24) is 0 Å². The maximum atomic E-state index is 13.3. The van der Waals surface area contributed by atoms with Crippen LogP contribution in [-0.2, 0) is 19.1 Å². The molecular weight excluding hydrogens is 380 g/mol. The third-order valence-electron chi connectivity index (χ3n) is 8.85. The van der Waals surface area contributed by atoms with Gasteiger partial charge in [0.25, 0.3) is 0 Å². The van der Waals surface area contributed by atoms with Gasteiger partial charge in [-0.15, -0.1) is 0 Å². The van der Waals surface area contributed by atoms with Crippen molar-refractivity contribution in [2.24, 2.45) is 34.0 Å². The maximum absolute atomic E-state index is 13.3. The van der Waals surface area contributed by atoms with E-state index in [1.807, 2.05) is 0 Å². The molecule has 1 N–H and O–H groups in total. The van der Waals surface area contributed by atoms with Gasteiger partial charge in [-0.25, -0.2) is 0 Å². The molecule has 3 aliphatic rings. The fraction of sp³-hybridized carbons (Fsp3) is 0.840. The third kappa shape index (κ3) is 3.94. The first-order valence-electron chi connectivity index (χ1n) is 11.6. The van der Waals surface area contributed by atoms with Crippen molar-refractivity contribution in [2.75, 3.05) is 13.2 Å². The van der Waals surface area contributed by atoms with Crippen molar-refractivity contribution >= 4 is 11.9 Å². The first kappa shape index (κ1) is 23.3. The highest BCUT2D eigenvalue weighted by molar-refractivity contribution is 5.77. The lowest BCUT2D eigenvalue weighted by atomic mass is 9.39. The predicted octanol–water partition coefficient (Wildman–Crippen LogP) is 4.67. The number of carbonyl (C=O) groups excluding carboxylic acids is 2. The SMILES string of the molecule is C=C1CC[C@H]2[C@]3(C)CCCC(C)(C)[C@H]3CC[C@]2(C)[C@H]1C(=O)OC[C@H](CO)OC(C)=O. The van der Waals surface area contributed by atoms with E-state index in [0.717, 1.165) is 31.3 Å². The van der Waals surface area contributed by atoms with Gasteiger partial charge in [-0.05, 0) is 66.6 Å². The monoisotopic (exact) mass is 420 g/mol. The topological polar surface area (TPSA) is 72.8 Å². The molecule has 5 nitrogen and oxygen atoms in total. The van der Waals surface area contributed by atoms with Crippen LogP contribution in [0.2, 0.25) is 0 Å². The van der Waals surface area contributed by atoms with Gasteiger partial charge < -0.3 is 14.6 Å². The number of esters is 2. The van der Waals surface area contributed by atoms with E-state index in [0.29, 0.717) is 17.3 Å². The lowest BCUT2D eigenvalue weighted by Crippen LogP contribution is -2.59. The molecule has 30 heavy (non-hydrogen) atoms. The van der Waals surface area contributed by atoms with Crippen LogP contribution in [0, 0.1) is 34.0 Å². The van der Waals surface area contributed by atoms with E-state index in [1.165, 1.54) is 26.2 Å². The van der Waals surface area contributed by atoms with E-state index in [9.17, 15) is 14.7 Å². The lowest BCUT2D eigenvalue weighted by Gasteiger charge is -2.65. The van der Waals surface area contributed by atoms with Gasteiger partial charge in [-0.1, -0.05) is 46.3 Å². The molecule has 0 aromatic heterocycles. The fourth-order valence-corrected chi connectivity index (χ4v) is 7.68. The molecule has 3 saturated carbocycles. The van der Waals surface area contributed by atoms with E-state index in [4.69, 9.17) is 9.47 Å². The molecule has 3 rings (SSSR count). The summed E-state index contributed by atoms with van der Waals surface area (Å²) in [7, 11) is 0. The Hall–Kier alpha value is -1.36. The number of fused-ring (bicyclic) bond motifs is 3. The Kier molecular flexibility index (Phi) is 6.44. The standard InChI is InChI=1S/C25H40O5/c1-16-8-9-20-24(5)12-7-11-23(3,4)19(24)10-13-25(20,6)21(16)22(28)29-15-18(14-26)30-17(2)27/h18-21,26H,1,7-15H2,2-6H3/t18-,19+,20-,21+,24+,25-/m0/s1. The van der Waals surface area contributed by atoms with Gasteiger partial charge in [0.1, 0.15) is 6.61 Å². The Morgan fingerprint density at radius 2 is 1.80 bits per heavy atom. The number of aliphatic hydroxyl groups excluding tert-OH is 1. The lowest BCUT2D eigenvalue weighted by molar-refractivity contribution is -0.181. The Morgan fingerprint density at radius 3 is 2.43 bits per heavy atom.